The van der Waals surface area contributed by atoms with Crippen LogP contribution in [0.3, 0.4) is 0 Å². The molecule has 0 radical (unpaired) electrons. The number of para-hydroxylation sites is 5. The van der Waals surface area contributed by atoms with Gasteiger partial charge in [-0.15, -0.1) is 0 Å². The van der Waals surface area contributed by atoms with Crippen molar-refractivity contribution in [2.75, 3.05) is 0 Å². The normalized spacial score (nSPS) is 11.9. The molecule has 0 aliphatic heterocycles. The Balaban J connectivity index is 0.000000133. The molecule has 17 aromatic carbocycles. The molecule has 21 rings (SSSR count). The molecular formula is C94H60N4. The maximum atomic E-state index is 2.44. The standard InChI is InChI=1S/C48H30N2.C46H30N2/c1-2-12-33(13-3-1)49-45-20-10-8-18-40(45)43-28-31(22-26-47(43)49)32-23-27-48-44(29-32)41-19-9-11-21-46(41)50(48)34-24-25-39-37-16-5-4-14-35(37)36-15-6-7-17-38(36)42(39)30-34;1-2-10-31(11-3-1)33-18-23-37(24-19-33)47-43-16-8-6-14-39(43)41-29-35(21-26-45(41)47)36-22-27-46-42(30-36)40-15-7-9-17-44(40)48(46)38-25-20-32-12-4-5-13-34(32)28-38/h1-30H;1-30H. The maximum Gasteiger partial charge on any atom is 0.0541 e. The monoisotopic (exact) mass is 1240 g/mol. The topological polar surface area (TPSA) is 19.7 Å². The second-order valence-corrected chi connectivity index (χ2v) is 25.9. The van der Waals surface area contributed by atoms with Gasteiger partial charge in [0.2, 0.25) is 0 Å². The van der Waals surface area contributed by atoms with E-state index in [1.54, 1.807) is 0 Å². The van der Waals surface area contributed by atoms with Crippen molar-refractivity contribution in [2.24, 2.45) is 0 Å². The number of hydrogen-bond acceptors (Lipinski definition) is 0. The van der Waals surface area contributed by atoms with E-state index in [0.717, 1.165) is 5.69 Å². The van der Waals surface area contributed by atoms with Crippen molar-refractivity contribution >= 4 is 130 Å². The molecule has 0 atom stereocenters. The molecule has 0 unspecified atom stereocenters. The predicted octanol–water partition coefficient (Wildman–Crippen LogP) is 25.4. The van der Waals surface area contributed by atoms with Gasteiger partial charge in [-0.25, -0.2) is 0 Å². The second-order valence-electron chi connectivity index (χ2n) is 25.9. The van der Waals surface area contributed by atoms with Crippen LogP contribution in [0.4, 0.5) is 0 Å². The van der Waals surface area contributed by atoms with E-state index in [4.69, 9.17) is 0 Å². The van der Waals surface area contributed by atoms with E-state index in [-0.39, 0.29) is 0 Å². The highest BCUT2D eigenvalue weighted by Gasteiger charge is 2.20. The summed E-state index contributed by atoms with van der Waals surface area (Å²) in [4.78, 5) is 0. The van der Waals surface area contributed by atoms with Crippen LogP contribution in [-0.2, 0) is 0 Å². The zero-order valence-corrected chi connectivity index (χ0v) is 53.4. The van der Waals surface area contributed by atoms with E-state index in [1.807, 2.05) is 0 Å². The highest BCUT2D eigenvalue weighted by atomic mass is 15.0. The molecule has 0 bridgehead atoms. The predicted molar refractivity (Wildman–Crippen MR) is 417 cm³/mol. The minimum atomic E-state index is 1.16. The van der Waals surface area contributed by atoms with Crippen LogP contribution in [-0.4, -0.2) is 18.3 Å². The van der Waals surface area contributed by atoms with Gasteiger partial charge in [-0.3, -0.25) is 0 Å². The summed E-state index contributed by atoms with van der Waals surface area (Å²) < 4.78 is 9.61. The average molecular weight is 1250 g/mol. The van der Waals surface area contributed by atoms with Crippen molar-refractivity contribution < 1.29 is 0 Å². The van der Waals surface area contributed by atoms with Gasteiger partial charge in [0.1, 0.15) is 0 Å². The van der Waals surface area contributed by atoms with Crippen LogP contribution >= 0.6 is 0 Å². The fraction of sp³-hybridized carbons (Fsp3) is 0. The summed E-state index contributed by atoms with van der Waals surface area (Å²) in [6.07, 6.45) is 0. The van der Waals surface area contributed by atoms with E-state index in [1.165, 1.54) is 181 Å². The summed E-state index contributed by atoms with van der Waals surface area (Å²) in [5, 5.41) is 20.3. The SMILES string of the molecule is c1ccc(-c2ccc(-n3c4ccccc4c4cc(-c5ccc6c(c5)c5ccccc5n6-c5ccc6ccccc6c5)ccc43)cc2)cc1.c1ccc(-n2c3ccccc3c3cc(-c4ccc5c(c4)c4ccccc4n5-c4ccc5c6ccccc6c6ccccc6c5c4)ccc32)cc1. The fourth-order valence-electron chi connectivity index (χ4n) is 16.1. The molecule has 4 aromatic heterocycles. The van der Waals surface area contributed by atoms with Crippen molar-refractivity contribution in [2.45, 2.75) is 0 Å². The molecule has 0 amide bonds. The zero-order valence-electron chi connectivity index (χ0n) is 53.4. The minimum absolute atomic E-state index is 1.16. The van der Waals surface area contributed by atoms with Crippen LogP contribution < -0.4 is 0 Å². The molecule has 4 heterocycles. The van der Waals surface area contributed by atoms with Gasteiger partial charge in [-0.2, -0.15) is 0 Å². The van der Waals surface area contributed by atoms with E-state index in [0.29, 0.717) is 0 Å². The summed E-state index contributed by atoms with van der Waals surface area (Å²) in [6, 6.07) is 133. The largest absolute Gasteiger partial charge is 0.309 e. The van der Waals surface area contributed by atoms with Gasteiger partial charge in [-0.05, 0) is 198 Å². The third kappa shape index (κ3) is 8.78. The smallest absolute Gasteiger partial charge is 0.0541 e. The number of fused-ring (bicyclic) bond motifs is 19. The number of hydrogen-bond donors (Lipinski definition) is 0. The summed E-state index contributed by atoms with van der Waals surface area (Å²) in [5.41, 5.74) is 21.7. The average Bonchev–Trinajstić information content (AvgIpc) is 1.66. The van der Waals surface area contributed by atoms with Crippen LogP contribution in [0.1, 0.15) is 0 Å². The van der Waals surface area contributed by atoms with Crippen molar-refractivity contribution in [3.8, 4) is 56.1 Å². The Hall–Kier alpha value is -13.0. The van der Waals surface area contributed by atoms with Crippen molar-refractivity contribution in [1.29, 1.82) is 0 Å². The number of aromatic nitrogens is 4. The lowest BCUT2D eigenvalue weighted by Gasteiger charge is -2.14. The second kappa shape index (κ2) is 22.3. The Morgan fingerprint density at radius 2 is 0.398 bits per heavy atom. The Bertz CT molecular complexity index is 6750. The van der Waals surface area contributed by atoms with Gasteiger partial charge in [0.15, 0.2) is 0 Å². The van der Waals surface area contributed by atoms with E-state index in [2.05, 4.69) is 382 Å². The molecule has 0 saturated heterocycles. The Kier molecular flexibility index (Phi) is 12.6. The molecule has 0 aliphatic carbocycles. The highest BCUT2D eigenvalue weighted by Crippen LogP contribution is 2.43. The maximum absolute atomic E-state index is 2.44. The summed E-state index contributed by atoms with van der Waals surface area (Å²) in [7, 11) is 0. The van der Waals surface area contributed by atoms with Gasteiger partial charge in [0.25, 0.3) is 0 Å². The van der Waals surface area contributed by atoms with Gasteiger partial charge in [0, 0.05) is 65.8 Å². The Morgan fingerprint density at radius 3 is 0.837 bits per heavy atom. The first-order valence-electron chi connectivity index (χ1n) is 33.8. The van der Waals surface area contributed by atoms with Crippen molar-refractivity contribution in [3.05, 3.63) is 364 Å². The first kappa shape index (κ1) is 55.4. The van der Waals surface area contributed by atoms with E-state index in [9.17, 15) is 0 Å². The highest BCUT2D eigenvalue weighted by molar-refractivity contribution is 6.26. The molecule has 456 valence electrons. The molecule has 0 fully saturated rings. The molecule has 0 saturated carbocycles. The molecule has 0 spiro atoms. The molecule has 4 heteroatoms. The van der Waals surface area contributed by atoms with Gasteiger partial charge in [0.05, 0.1) is 44.1 Å². The number of nitrogens with zero attached hydrogens (tertiary/aromatic N) is 4. The molecule has 98 heavy (non-hydrogen) atoms. The first-order chi connectivity index (χ1) is 48.6. The summed E-state index contributed by atoms with van der Waals surface area (Å²) in [5.74, 6) is 0. The quantitative estimate of drug-likeness (QED) is 0.142. The van der Waals surface area contributed by atoms with Gasteiger partial charge in [-0.1, -0.05) is 243 Å². The molecule has 21 aromatic rings. The summed E-state index contributed by atoms with van der Waals surface area (Å²) >= 11 is 0. The summed E-state index contributed by atoms with van der Waals surface area (Å²) in [6.45, 7) is 0. The first-order valence-corrected chi connectivity index (χ1v) is 33.8. The van der Waals surface area contributed by atoms with Crippen LogP contribution in [0.15, 0.2) is 364 Å². The Morgan fingerprint density at radius 1 is 0.122 bits per heavy atom. The van der Waals surface area contributed by atoms with E-state index >= 15 is 0 Å². The minimum Gasteiger partial charge on any atom is -0.309 e. The van der Waals surface area contributed by atoms with Crippen LogP contribution in [0, 0.1) is 0 Å². The third-order valence-corrected chi connectivity index (χ3v) is 20.6. The molecule has 0 N–H and O–H groups in total. The molecule has 0 aliphatic rings. The van der Waals surface area contributed by atoms with Gasteiger partial charge >= 0.3 is 0 Å². The third-order valence-electron chi connectivity index (χ3n) is 20.6. The lowest BCUT2D eigenvalue weighted by Crippen LogP contribution is -1.94. The number of benzene rings is 17. The van der Waals surface area contributed by atoms with Crippen molar-refractivity contribution in [1.82, 2.24) is 18.3 Å². The lowest BCUT2D eigenvalue weighted by molar-refractivity contribution is 1.18. The molecule has 4 nitrogen and oxygen atoms in total. The fourth-order valence-corrected chi connectivity index (χ4v) is 16.1. The van der Waals surface area contributed by atoms with Gasteiger partial charge < -0.3 is 18.3 Å². The molecular weight excluding hydrogens is 1190 g/mol. The zero-order chi connectivity index (χ0) is 64.4. The number of rotatable bonds is 7. The van der Waals surface area contributed by atoms with Crippen LogP contribution in [0.2, 0.25) is 0 Å². The Labute approximate surface area is 565 Å². The van der Waals surface area contributed by atoms with E-state index < -0.39 is 0 Å². The van der Waals surface area contributed by atoms with Crippen LogP contribution in [0.5, 0.6) is 0 Å². The van der Waals surface area contributed by atoms with Crippen LogP contribution in [0.25, 0.3) is 186 Å². The lowest BCUT2D eigenvalue weighted by atomic mass is 9.94. The van der Waals surface area contributed by atoms with Crippen molar-refractivity contribution in [3.63, 3.8) is 0 Å².